The fourth-order valence-corrected chi connectivity index (χ4v) is 2.02. The number of allylic oxidation sites excluding steroid dienone is 1. The zero-order valence-corrected chi connectivity index (χ0v) is 11.2. The van der Waals surface area contributed by atoms with Crippen molar-refractivity contribution in [3.8, 4) is 0 Å². The summed E-state index contributed by atoms with van der Waals surface area (Å²) in [5.41, 5.74) is 0.878. The van der Waals surface area contributed by atoms with Crippen LogP contribution in [0.2, 0.25) is 0 Å². The maximum Gasteiger partial charge on any atom is 0.320 e. The summed E-state index contributed by atoms with van der Waals surface area (Å²) in [6, 6.07) is 9.33. The van der Waals surface area contributed by atoms with Crippen LogP contribution in [0, 0.1) is 5.92 Å². The SMILES string of the molecule is C=CCC(c1ccccc1)C(C(=O)OC)C(=O)OC. The van der Waals surface area contributed by atoms with E-state index >= 15 is 0 Å². The van der Waals surface area contributed by atoms with Crippen molar-refractivity contribution < 1.29 is 19.1 Å². The van der Waals surface area contributed by atoms with Crippen LogP contribution in [-0.2, 0) is 19.1 Å². The van der Waals surface area contributed by atoms with Crippen LogP contribution in [0.25, 0.3) is 0 Å². The average Bonchev–Trinajstić information content (AvgIpc) is 2.46. The molecule has 19 heavy (non-hydrogen) atoms. The van der Waals surface area contributed by atoms with Crippen LogP contribution in [0.4, 0.5) is 0 Å². The standard InChI is InChI=1S/C15H18O4/c1-4-8-12(11-9-6-5-7-10-11)13(14(16)18-2)15(17)19-3/h4-7,9-10,12-13H,1,8H2,2-3H3. The van der Waals surface area contributed by atoms with Crippen molar-refractivity contribution >= 4 is 11.9 Å². The molecule has 0 saturated heterocycles. The quantitative estimate of drug-likeness (QED) is 0.448. The Kier molecular flexibility index (Phi) is 5.79. The summed E-state index contributed by atoms with van der Waals surface area (Å²) in [7, 11) is 2.52. The average molecular weight is 262 g/mol. The molecule has 102 valence electrons. The summed E-state index contributed by atoms with van der Waals surface area (Å²) in [4.78, 5) is 23.7. The monoisotopic (exact) mass is 262 g/mol. The minimum atomic E-state index is -0.976. The summed E-state index contributed by atoms with van der Waals surface area (Å²) >= 11 is 0. The molecule has 1 aromatic carbocycles. The number of ether oxygens (including phenoxy) is 2. The van der Waals surface area contributed by atoms with E-state index in [1.54, 1.807) is 6.08 Å². The van der Waals surface area contributed by atoms with Gasteiger partial charge in [-0.05, 0) is 12.0 Å². The Bertz CT molecular complexity index is 423. The molecule has 1 unspecified atom stereocenters. The van der Waals surface area contributed by atoms with Crippen LogP contribution in [0.15, 0.2) is 43.0 Å². The largest absolute Gasteiger partial charge is 0.468 e. The van der Waals surface area contributed by atoms with E-state index in [1.165, 1.54) is 14.2 Å². The zero-order chi connectivity index (χ0) is 14.3. The highest BCUT2D eigenvalue weighted by molar-refractivity contribution is 5.96. The van der Waals surface area contributed by atoms with Gasteiger partial charge in [0.05, 0.1) is 14.2 Å². The van der Waals surface area contributed by atoms with Gasteiger partial charge < -0.3 is 9.47 Å². The molecule has 0 fully saturated rings. The summed E-state index contributed by atoms with van der Waals surface area (Å²) in [5.74, 6) is -2.50. The van der Waals surface area contributed by atoms with Gasteiger partial charge in [0.1, 0.15) is 0 Å². The fourth-order valence-electron chi connectivity index (χ4n) is 2.02. The van der Waals surface area contributed by atoms with Crippen LogP contribution in [0.1, 0.15) is 17.9 Å². The van der Waals surface area contributed by atoms with E-state index in [1.807, 2.05) is 30.3 Å². The van der Waals surface area contributed by atoms with E-state index in [9.17, 15) is 9.59 Å². The van der Waals surface area contributed by atoms with E-state index in [-0.39, 0.29) is 5.92 Å². The molecular weight excluding hydrogens is 244 g/mol. The number of hydrogen-bond donors (Lipinski definition) is 0. The lowest BCUT2D eigenvalue weighted by Crippen LogP contribution is -2.32. The lowest BCUT2D eigenvalue weighted by molar-refractivity contribution is -0.159. The minimum Gasteiger partial charge on any atom is -0.468 e. The van der Waals surface area contributed by atoms with Crippen LogP contribution in [0.5, 0.6) is 0 Å². The predicted molar refractivity (Wildman–Crippen MR) is 71.5 cm³/mol. The molecule has 0 heterocycles. The van der Waals surface area contributed by atoms with Crippen molar-refractivity contribution in [1.82, 2.24) is 0 Å². The summed E-state index contributed by atoms with van der Waals surface area (Å²) in [6.45, 7) is 3.67. The number of carbonyl (C=O) groups excluding carboxylic acids is 2. The Labute approximate surface area is 113 Å². The van der Waals surface area contributed by atoms with Crippen molar-refractivity contribution in [2.45, 2.75) is 12.3 Å². The molecule has 0 saturated carbocycles. The molecule has 0 aliphatic rings. The van der Waals surface area contributed by atoms with Gasteiger partial charge in [-0.15, -0.1) is 6.58 Å². The molecule has 1 atom stereocenters. The Morgan fingerprint density at radius 1 is 1.16 bits per heavy atom. The topological polar surface area (TPSA) is 52.6 Å². The van der Waals surface area contributed by atoms with Gasteiger partial charge in [0.15, 0.2) is 5.92 Å². The second-order valence-electron chi connectivity index (χ2n) is 4.07. The number of carbonyl (C=O) groups is 2. The highest BCUT2D eigenvalue weighted by Gasteiger charge is 2.36. The second kappa shape index (κ2) is 7.36. The third kappa shape index (κ3) is 3.68. The van der Waals surface area contributed by atoms with Crippen molar-refractivity contribution in [2.24, 2.45) is 5.92 Å². The van der Waals surface area contributed by atoms with Gasteiger partial charge in [-0.25, -0.2) is 0 Å². The van der Waals surface area contributed by atoms with Crippen LogP contribution in [0.3, 0.4) is 0 Å². The molecule has 1 rings (SSSR count). The third-order valence-corrected chi connectivity index (χ3v) is 2.96. The highest BCUT2D eigenvalue weighted by atomic mass is 16.5. The van der Waals surface area contributed by atoms with E-state index in [4.69, 9.17) is 9.47 Å². The van der Waals surface area contributed by atoms with Crippen molar-refractivity contribution in [1.29, 1.82) is 0 Å². The van der Waals surface area contributed by atoms with Gasteiger partial charge in [0, 0.05) is 5.92 Å². The van der Waals surface area contributed by atoms with Crippen molar-refractivity contribution in [2.75, 3.05) is 14.2 Å². The molecular formula is C15H18O4. The molecule has 0 aromatic heterocycles. The van der Waals surface area contributed by atoms with Gasteiger partial charge >= 0.3 is 11.9 Å². The molecule has 0 radical (unpaired) electrons. The summed E-state index contributed by atoms with van der Waals surface area (Å²) in [6.07, 6.45) is 2.16. The molecule has 0 amide bonds. The van der Waals surface area contributed by atoms with Gasteiger partial charge in [0.25, 0.3) is 0 Å². The molecule has 0 aliphatic heterocycles. The lowest BCUT2D eigenvalue weighted by atomic mass is 9.83. The lowest BCUT2D eigenvalue weighted by Gasteiger charge is -2.22. The van der Waals surface area contributed by atoms with Gasteiger partial charge in [0.2, 0.25) is 0 Å². The van der Waals surface area contributed by atoms with Crippen LogP contribution in [-0.4, -0.2) is 26.2 Å². The molecule has 4 nitrogen and oxygen atoms in total. The van der Waals surface area contributed by atoms with E-state index in [0.717, 1.165) is 5.56 Å². The first-order valence-corrected chi connectivity index (χ1v) is 5.97. The number of benzene rings is 1. The Hall–Kier alpha value is -2.10. The molecule has 0 aliphatic carbocycles. The van der Waals surface area contributed by atoms with E-state index in [0.29, 0.717) is 6.42 Å². The summed E-state index contributed by atoms with van der Waals surface area (Å²) < 4.78 is 9.42. The van der Waals surface area contributed by atoms with Crippen LogP contribution >= 0.6 is 0 Å². The maximum atomic E-state index is 11.8. The second-order valence-corrected chi connectivity index (χ2v) is 4.07. The smallest absolute Gasteiger partial charge is 0.320 e. The first-order valence-electron chi connectivity index (χ1n) is 5.97. The number of methoxy groups -OCH3 is 2. The molecule has 0 bridgehead atoms. The minimum absolute atomic E-state index is 0.335. The molecule has 1 aromatic rings. The Balaban J connectivity index is 3.15. The van der Waals surface area contributed by atoms with Gasteiger partial charge in [-0.2, -0.15) is 0 Å². The van der Waals surface area contributed by atoms with Crippen molar-refractivity contribution in [3.63, 3.8) is 0 Å². The zero-order valence-electron chi connectivity index (χ0n) is 11.2. The van der Waals surface area contributed by atoms with Crippen molar-refractivity contribution in [3.05, 3.63) is 48.6 Å². The normalized spacial score (nSPS) is 11.7. The number of hydrogen-bond acceptors (Lipinski definition) is 4. The maximum absolute atomic E-state index is 11.8. The number of esters is 2. The molecule has 4 heteroatoms. The van der Waals surface area contributed by atoms with E-state index < -0.39 is 17.9 Å². The van der Waals surface area contributed by atoms with Crippen LogP contribution < -0.4 is 0 Å². The Morgan fingerprint density at radius 3 is 2.11 bits per heavy atom. The predicted octanol–water partition coefficient (Wildman–Crippen LogP) is 2.31. The highest BCUT2D eigenvalue weighted by Crippen LogP contribution is 2.30. The molecule has 0 N–H and O–H groups in total. The third-order valence-electron chi connectivity index (χ3n) is 2.96. The number of rotatable bonds is 6. The molecule has 0 spiro atoms. The first kappa shape index (κ1) is 15.0. The first-order chi connectivity index (χ1) is 9.15. The Morgan fingerprint density at radius 2 is 1.68 bits per heavy atom. The van der Waals surface area contributed by atoms with E-state index in [2.05, 4.69) is 6.58 Å². The summed E-state index contributed by atoms with van der Waals surface area (Å²) in [5, 5.41) is 0. The fraction of sp³-hybridized carbons (Fsp3) is 0.333. The van der Waals surface area contributed by atoms with Gasteiger partial charge in [-0.1, -0.05) is 36.4 Å². The van der Waals surface area contributed by atoms with Gasteiger partial charge in [-0.3, -0.25) is 9.59 Å².